The van der Waals surface area contributed by atoms with Crippen molar-refractivity contribution in [2.24, 2.45) is 0 Å². The first kappa shape index (κ1) is 17.0. The number of hydrogen-bond donors (Lipinski definition) is 2. The number of H-pyrrole nitrogens is 1. The number of imidazole rings is 1. The van der Waals surface area contributed by atoms with E-state index in [1.54, 1.807) is 12.1 Å². The Morgan fingerprint density at radius 1 is 1.11 bits per heavy atom. The lowest BCUT2D eigenvalue weighted by molar-refractivity contribution is -0.116. The third-order valence-corrected chi connectivity index (χ3v) is 4.56. The van der Waals surface area contributed by atoms with E-state index in [9.17, 15) is 14.4 Å². The number of rotatable bonds is 5. The van der Waals surface area contributed by atoms with Crippen LogP contribution in [0.15, 0.2) is 42.5 Å². The first-order valence-corrected chi connectivity index (χ1v) is 8.74. The summed E-state index contributed by atoms with van der Waals surface area (Å²) in [5.41, 5.74) is 3.41. The molecule has 0 bridgehead atoms. The van der Waals surface area contributed by atoms with Crippen LogP contribution in [0.2, 0.25) is 0 Å². The third kappa shape index (κ3) is 3.19. The number of carbonyl (C=O) groups excluding carboxylic acids is 3. The third-order valence-electron chi connectivity index (χ3n) is 4.56. The second-order valence-electron chi connectivity index (χ2n) is 6.57. The normalized spacial score (nSPS) is 13.3. The SMILES string of the molecule is Cc1ccc2c(c1)C(=O)N(CCCC(=O)Nc1nc3ccccc3[nH]1)C2=O. The number of benzene rings is 2. The van der Waals surface area contributed by atoms with E-state index in [1.165, 1.54) is 4.90 Å². The molecule has 0 unspecified atom stereocenters. The highest BCUT2D eigenvalue weighted by molar-refractivity contribution is 6.21. The van der Waals surface area contributed by atoms with Crippen molar-refractivity contribution in [2.75, 3.05) is 11.9 Å². The van der Waals surface area contributed by atoms with Crippen molar-refractivity contribution < 1.29 is 14.4 Å². The van der Waals surface area contributed by atoms with E-state index in [1.807, 2.05) is 37.3 Å². The number of nitrogens with one attached hydrogen (secondary N) is 2. The van der Waals surface area contributed by atoms with Gasteiger partial charge in [0, 0.05) is 13.0 Å². The van der Waals surface area contributed by atoms with Gasteiger partial charge in [0.05, 0.1) is 22.2 Å². The van der Waals surface area contributed by atoms with E-state index < -0.39 is 0 Å². The Balaban J connectivity index is 1.34. The van der Waals surface area contributed by atoms with Crippen LogP contribution in [0, 0.1) is 6.92 Å². The van der Waals surface area contributed by atoms with E-state index in [2.05, 4.69) is 15.3 Å². The summed E-state index contributed by atoms with van der Waals surface area (Å²) in [6.07, 6.45) is 0.569. The molecular formula is C20H18N4O3. The summed E-state index contributed by atoms with van der Waals surface area (Å²) in [6.45, 7) is 2.09. The van der Waals surface area contributed by atoms with Crippen LogP contribution in [0.4, 0.5) is 5.95 Å². The van der Waals surface area contributed by atoms with Crippen molar-refractivity contribution in [3.63, 3.8) is 0 Å². The topological polar surface area (TPSA) is 95.2 Å². The van der Waals surface area contributed by atoms with Gasteiger partial charge in [-0.2, -0.15) is 0 Å². The molecule has 7 heteroatoms. The number of aryl methyl sites for hydroxylation is 1. The van der Waals surface area contributed by atoms with E-state index in [4.69, 9.17) is 0 Å². The summed E-state index contributed by atoms with van der Waals surface area (Å²) in [6, 6.07) is 12.7. The fraction of sp³-hybridized carbons (Fsp3) is 0.200. The molecule has 2 heterocycles. The molecule has 1 aliphatic heterocycles. The van der Waals surface area contributed by atoms with Gasteiger partial charge in [0.2, 0.25) is 11.9 Å². The Kier molecular flexibility index (Phi) is 4.19. The number of hydrogen-bond acceptors (Lipinski definition) is 4. The van der Waals surface area contributed by atoms with Crippen LogP contribution in [0.5, 0.6) is 0 Å². The van der Waals surface area contributed by atoms with Crippen LogP contribution in [-0.2, 0) is 4.79 Å². The van der Waals surface area contributed by atoms with Crippen LogP contribution < -0.4 is 5.32 Å². The van der Waals surface area contributed by atoms with Crippen molar-refractivity contribution in [3.8, 4) is 0 Å². The summed E-state index contributed by atoms with van der Waals surface area (Å²) < 4.78 is 0. The summed E-state index contributed by atoms with van der Waals surface area (Å²) in [4.78, 5) is 45.4. The molecule has 4 rings (SSSR count). The number of fused-ring (bicyclic) bond motifs is 2. The monoisotopic (exact) mass is 362 g/mol. The molecule has 7 nitrogen and oxygen atoms in total. The molecule has 0 aliphatic carbocycles. The van der Waals surface area contributed by atoms with Gasteiger partial charge in [0.25, 0.3) is 11.8 Å². The molecule has 3 aromatic rings. The number of nitrogens with zero attached hydrogens (tertiary/aromatic N) is 2. The lowest BCUT2D eigenvalue weighted by atomic mass is 10.1. The quantitative estimate of drug-likeness (QED) is 0.682. The number of aromatic nitrogens is 2. The number of anilines is 1. The maximum atomic E-state index is 12.4. The Labute approximate surface area is 155 Å². The van der Waals surface area contributed by atoms with Gasteiger partial charge in [-0.1, -0.05) is 23.8 Å². The molecule has 3 amide bonds. The summed E-state index contributed by atoms with van der Waals surface area (Å²) in [5.74, 6) is -0.428. The van der Waals surface area contributed by atoms with E-state index >= 15 is 0 Å². The van der Waals surface area contributed by atoms with E-state index in [-0.39, 0.29) is 30.7 Å². The number of aromatic amines is 1. The Hall–Kier alpha value is -3.48. The molecule has 0 spiro atoms. The molecule has 0 fully saturated rings. The zero-order chi connectivity index (χ0) is 19.0. The highest BCUT2D eigenvalue weighted by Gasteiger charge is 2.34. The first-order chi connectivity index (χ1) is 13.0. The minimum atomic E-state index is -0.298. The van der Waals surface area contributed by atoms with Gasteiger partial charge in [-0.15, -0.1) is 0 Å². The van der Waals surface area contributed by atoms with Crippen molar-refractivity contribution in [1.82, 2.24) is 14.9 Å². The van der Waals surface area contributed by atoms with Gasteiger partial charge in [0.15, 0.2) is 0 Å². The zero-order valence-electron chi connectivity index (χ0n) is 14.8. The highest BCUT2D eigenvalue weighted by Crippen LogP contribution is 2.24. The van der Waals surface area contributed by atoms with Crippen molar-refractivity contribution in [3.05, 3.63) is 59.2 Å². The number of carbonyl (C=O) groups is 3. The van der Waals surface area contributed by atoms with E-state index in [0.717, 1.165) is 16.6 Å². The lowest BCUT2D eigenvalue weighted by Crippen LogP contribution is -2.31. The van der Waals surface area contributed by atoms with Crippen molar-refractivity contribution in [1.29, 1.82) is 0 Å². The second-order valence-corrected chi connectivity index (χ2v) is 6.57. The van der Waals surface area contributed by atoms with Crippen LogP contribution >= 0.6 is 0 Å². The fourth-order valence-electron chi connectivity index (χ4n) is 3.21. The average Bonchev–Trinajstić information content (AvgIpc) is 3.15. The number of para-hydroxylation sites is 2. The first-order valence-electron chi connectivity index (χ1n) is 8.74. The molecule has 0 atom stereocenters. The molecule has 27 heavy (non-hydrogen) atoms. The molecular weight excluding hydrogens is 344 g/mol. The summed E-state index contributed by atoms with van der Waals surface area (Å²) in [7, 11) is 0. The molecule has 2 aromatic carbocycles. The van der Waals surface area contributed by atoms with Crippen LogP contribution in [0.25, 0.3) is 11.0 Å². The standard InChI is InChI=1S/C20H18N4O3/c1-12-8-9-13-14(11-12)19(27)24(18(13)26)10-4-7-17(25)23-20-21-15-5-2-3-6-16(15)22-20/h2-3,5-6,8-9,11H,4,7,10H2,1H3,(H2,21,22,23,25). The molecule has 2 N–H and O–H groups in total. The van der Waals surface area contributed by atoms with Gasteiger partial charge in [0.1, 0.15) is 0 Å². The van der Waals surface area contributed by atoms with E-state index in [0.29, 0.717) is 23.5 Å². The highest BCUT2D eigenvalue weighted by atomic mass is 16.2. The van der Waals surface area contributed by atoms with Crippen molar-refractivity contribution in [2.45, 2.75) is 19.8 Å². The van der Waals surface area contributed by atoms with Crippen molar-refractivity contribution >= 4 is 34.7 Å². The van der Waals surface area contributed by atoms with Crippen LogP contribution in [0.1, 0.15) is 39.1 Å². The molecule has 0 saturated heterocycles. The summed E-state index contributed by atoms with van der Waals surface area (Å²) >= 11 is 0. The number of amides is 3. The van der Waals surface area contributed by atoms with Gasteiger partial charge in [-0.05, 0) is 37.6 Å². The second kappa shape index (κ2) is 6.68. The molecule has 136 valence electrons. The minimum absolute atomic E-state index is 0.184. The Bertz CT molecular complexity index is 1040. The van der Waals surface area contributed by atoms with Gasteiger partial charge in [-0.3, -0.25) is 24.6 Å². The maximum absolute atomic E-state index is 12.4. The Morgan fingerprint density at radius 2 is 1.89 bits per heavy atom. The fourth-order valence-corrected chi connectivity index (χ4v) is 3.21. The summed E-state index contributed by atoms with van der Waals surface area (Å²) in [5, 5.41) is 2.71. The average molecular weight is 362 g/mol. The predicted molar refractivity (Wildman–Crippen MR) is 101 cm³/mol. The minimum Gasteiger partial charge on any atom is -0.324 e. The zero-order valence-corrected chi connectivity index (χ0v) is 14.8. The number of imide groups is 1. The molecule has 0 radical (unpaired) electrons. The Morgan fingerprint density at radius 3 is 2.70 bits per heavy atom. The smallest absolute Gasteiger partial charge is 0.261 e. The van der Waals surface area contributed by atoms with Crippen LogP contribution in [0.3, 0.4) is 0 Å². The van der Waals surface area contributed by atoms with Gasteiger partial charge < -0.3 is 4.98 Å². The van der Waals surface area contributed by atoms with Gasteiger partial charge >= 0.3 is 0 Å². The predicted octanol–water partition coefficient (Wildman–Crippen LogP) is 2.89. The largest absolute Gasteiger partial charge is 0.324 e. The molecule has 1 aromatic heterocycles. The van der Waals surface area contributed by atoms with Crippen LogP contribution in [-0.4, -0.2) is 39.1 Å². The maximum Gasteiger partial charge on any atom is 0.261 e. The molecule has 1 aliphatic rings. The molecule has 0 saturated carbocycles. The lowest BCUT2D eigenvalue weighted by Gasteiger charge is -2.13. The van der Waals surface area contributed by atoms with Gasteiger partial charge in [-0.25, -0.2) is 4.98 Å².